The lowest BCUT2D eigenvalue weighted by molar-refractivity contribution is 0.377. The van der Waals surface area contributed by atoms with E-state index in [0.717, 1.165) is 16.0 Å². The Morgan fingerprint density at radius 2 is 1.42 bits per heavy atom. The summed E-state index contributed by atoms with van der Waals surface area (Å²) in [6, 6.07) is 11.5. The van der Waals surface area contributed by atoms with Crippen LogP contribution in [-0.2, 0) is 0 Å². The van der Waals surface area contributed by atoms with Crippen LogP contribution in [-0.4, -0.2) is 21.3 Å². The summed E-state index contributed by atoms with van der Waals surface area (Å²) in [5.41, 5.74) is 1.83. The van der Waals surface area contributed by atoms with Gasteiger partial charge in [0.2, 0.25) is 0 Å². The van der Waals surface area contributed by atoms with Gasteiger partial charge >= 0.3 is 0 Å². The third-order valence-corrected chi connectivity index (χ3v) is 3.28. The van der Waals surface area contributed by atoms with Crippen molar-refractivity contribution >= 4 is 12.6 Å². The number of benzene rings is 2. The minimum Gasteiger partial charge on any atom is -0.496 e. The highest BCUT2D eigenvalue weighted by molar-refractivity contribution is 7.80. The molecule has 0 heterocycles. The molecule has 2 aromatic rings. The fourth-order valence-corrected chi connectivity index (χ4v) is 2.23. The molecule has 19 heavy (non-hydrogen) atoms. The monoisotopic (exact) mass is 276 g/mol. The summed E-state index contributed by atoms with van der Waals surface area (Å²) in [5, 5.41) is 0. The maximum absolute atomic E-state index is 5.45. The smallest absolute Gasteiger partial charge is 0.134 e. The van der Waals surface area contributed by atoms with E-state index in [1.807, 2.05) is 36.4 Å². The van der Waals surface area contributed by atoms with Crippen molar-refractivity contribution in [3.05, 3.63) is 36.4 Å². The van der Waals surface area contributed by atoms with Crippen molar-refractivity contribution in [2.75, 3.05) is 21.3 Å². The molecule has 2 aromatic carbocycles. The molecule has 0 N–H and O–H groups in total. The van der Waals surface area contributed by atoms with Crippen molar-refractivity contribution in [3.8, 4) is 28.4 Å². The normalized spacial score (nSPS) is 10.1. The standard InChI is InChI=1S/C15H16O3S/c1-16-10-8-12(17-2)15(13(9-10)18-3)11-6-4-5-7-14(11)19/h4-9,19H,1-3H3. The predicted molar refractivity (Wildman–Crippen MR) is 78.8 cm³/mol. The quantitative estimate of drug-likeness (QED) is 0.863. The number of hydrogen-bond acceptors (Lipinski definition) is 4. The maximum atomic E-state index is 5.45. The van der Waals surface area contributed by atoms with Crippen LogP contribution in [0.3, 0.4) is 0 Å². The Labute approximate surface area is 118 Å². The van der Waals surface area contributed by atoms with Gasteiger partial charge in [-0.2, -0.15) is 0 Å². The zero-order chi connectivity index (χ0) is 13.8. The van der Waals surface area contributed by atoms with Crippen molar-refractivity contribution in [1.82, 2.24) is 0 Å². The fraction of sp³-hybridized carbons (Fsp3) is 0.200. The van der Waals surface area contributed by atoms with Crippen LogP contribution in [0.25, 0.3) is 11.1 Å². The lowest BCUT2D eigenvalue weighted by atomic mass is 10.0. The van der Waals surface area contributed by atoms with Gasteiger partial charge in [0.05, 0.1) is 26.9 Å². The molecule has 0 radical (unpaired) electrons. The van der Waals surface area contributed by atoms with Crippen LogP contribution in [0.5, 0.6) is 17.2 Å². The molecule has 0 aliphatic rings. The van der Waals surface area contributed by atoms with E-state index in [4.69, 9.17) is 14.2 Å². The van der Waals surface area contributed by atoms with Gasteiger partial charge in [0.15, 0.2) is 0 Å². The van der Waals surface area contributed by atoms with E-state index >= 15 is 0 Å². The molecular formula is C15H16O3S. The van der Waals surface area contributed by atoms with Gasteiger partial charge in [-0.05, 0) is 6.07 Å². The lowest BCUT2D eigenvalue weighted by Crippen LogP contribution is -1.95. The lowest BCUT2D eigenvalue weighted by Gasteiger charge is -2.16. The largest absolute Gasteiger partial charge is 0.496 e. The molecule has 0 aromatic heterocycles. The summed E-state index contributed by atoms with van der Waals surface area (Å²) in [5.74, 6) is 2.07. The van der Waals surface area contributed by atoms with E-state index in [1.165, 1.54) is 0 Å². The summed E-state index contributed by atoms with van der Waals surface area (Å²) in [6.07, 6.45) is 0. The second kappa shape index (κ2) is 5.89. The second-order valence-electron chi connectivity index (χ2n) is 3.92. The highest BCUT2D eigenvalue weighted by Crippen LogP contribution is 2.43. The van der Waals surface area contributed by atoms with E-state index in [1.54, 1.807) is 21.3 Å². The van der Waals surface area contributed by atoms with E-state index in [-0.39, 0.29) is 0 Å². The highest BCUT2D eigenvalue weighted by atomic mass is 32.1. The van der Waals surface area contributed by atoms with Crippen molar-refractivity contribution in [2.45, 2.75) is 4.90 Å². The molecule has 0 unspecified atom stereocenters. The van der Waals surface area contributed by atoms with Crippen LogP contribution in [0, 0.1) is 0 Å². The SMILES string of the molecule is COc1cc(OC)c(-c2ccccc2S)c(OC)c1. The zero-order valence-electron chi connectivity index (χ0n) is 11.1. The number of ether oxygens (including phenoxy) is 3. The molecular weight excluding hydrogens is 260 g/mol. The summed E-state index contributed by atoms with van der Waals surface area (Å²) in [7, 11) is 4.86. The van der Waals surface area contributed by atoms with Gasteiger partial charge in [-0.3, -0.25) is 0 Å². The number of methoxy groups -OCH3 is 3. The first-order valence-corrected chi connectivity index (χ1v) is 6.24. The number of thiol groups is 1. The number of hydrogen-bond donors (Lipinski definition) is 1. The average molecular weight is 276 g/mol. The Bertz CT molecular complexity index is 556. The Hall–Kier alpha value is -1.81. The van der Waals surface area contributed by atoms with E-state index in [0.29, 0.717) is 17.2 Å². The third-order valence-electron chi connectivity index (χ3n) is 2.89. The average Bonchev–Trinajstić information content (AvgIpc) is 2.46. The molecule has 0 atom stereocenters. The van der Waals surface area contributed by atoms with Gasteiger partial charge in [0.25, 0.3) is 0 Å². The summed E-state index contributed by atoms with van der Waals surface area (Å²) in [4.78, 5) is 0.865. The van der Waals surface area contributed by atoms with Gasteiger partial charge in [-0.15, -0.1) is 12.6 Å². The molecule has 0 aliphatic carbocycles. The van der Waals surface area contributed by atoms with Crippen molar-refractivity contribution in [2.24, 2.45) is 0 Å². The second-order valence-corrected chi connectivity index (χ2v) is 4.41. The molecule has 4 heteroatoms. The molecule has 0 fully saturated rings. The molecule has 0 spiro atoms. The van der Waals surface area contributed by atoms with Gasteiger partial charge in [0.1, 0.15) is 17.2 Å². The minimum absolute atomic E-state index is 0.689. The van der Waals surface area contributed by atoms with Gasteiger partial charge in [0, 0.05) is 22.6 Å². The van der Waals surface area contributed by atoms with Crippen molar-refractivity contribution in [1.29, 1.82) is 0 Å². The molecule has 0 amide bonds. The van der Waals surface area contributed by atoms with E-state index < -0.39 is 0 Å². The van der Waals surface area contributed by atoms with Gasteiger partial charge in [-0.25, -0.2) is 0 Å². The first-order valence-electron chi connectivity index (χ1n) is 5.79. The van der Waals surface area contributed by atoms with Crippen LogP contribution in [0.1, 0.15) is 0 Å². The zero-order valence-corrected chi connectivity index (χ0v) is 12.0. The molecule has 0 saturated heterocycles. The molecule has 100 valence electrons. The van der Waals surface area contributed by atoms with Crippen molar-refractivity contribution < 1.29 is 14.2 Å². The van der Waals surface area contributed by atoms with Gasteiger partial charge in [-0.1, -0.05) is 18.2 Å². The highest BCUT2D eigenvalue weighted by Gasteiger charge is 2.16. The summed E-state index contributed by atoms with van der Waals surface area (Å²) >= 11 is 4.49. The Morgan fingerprint density at radius 1 is 0.842 bits per heavy atom. The molecule has 3 nitrogen and oxygen atoms in total. The Balaban J connectivity index is 2.71. The van der Waals surface area contributed by atoms with Crippen LogP contribution < -0.4 is 14.2 Å². The number of rotatable bonds is 4. The van der Waals surface area contributed by atoms with Crippen LogP contribution in [0.4, 0.5) is 0 Å². The molecule has 0 saturated carbocycles. The van der Waals surface area contributed by atoms with Gasteiger partial charge < -0.3 is 14.2 Å². The van der Waals surface area contributed by atoms with E-state index in [2.05, 4.69) is 12.6 Å². The first kappa shape index (κ1) is 13.6. The third kappa shape index (κ3) is 2.63. The Kier molecular flexibility index (Phi) is 4.22. The van der Waals surface area contributed by atoms with Crippen molar-refractivity contribution in [3.63, 3.8) is 0 Å². The molecule has 2 rings (SSSR count). The Morgan fingerprint density at radius 3 is 1.89 bits per heavy atom. The minimum atomic E-state index is 0.689. The summed E-state index contributed by atoms with van der Waals surface area (Å²) in [6.45, 7) is 0. The molecule has 0 bridgehead atoms. The first-order chi connectivity index (χ1) is 9.21. The predicted octanol–water partition coefficient (Wildman–Crippen LogP) is 3.67. The maximum Gasteiger partial charge on any atom is 0.134 e. The van der Waals surface area contributed by atoms with Crippen LogP contribution >= 0.6 is 12.6 Å². The van der Waals surface area contributed by atoms with Crippen LogP contribution in [0.2, 0.25) is 0 Å². The fourth-order valence-electron chi connectivity index (χ4n) is 1.96. The van der Waals surface area contributed by atoms with E-state index in [9.17, 15) is 0 Å². The molecule has 0 aliphatic heterocycles. The summed E-state index contributed by atoms with van der Waals surface area (Å²) < 4.78 is 16.1. The topological polar surface area (TPSA) is 27.7 Å². The van der Waals surface area contributed by atoms with Crippen LogP contribution in [0.15, 0.2) is 41.3 Å².